The van der Waals surface area contributed by atoms with E-state index in [1.807, 2.05) is 54.4 Å². The van der Waals surface area contributed by atoms with E-state index in [-0.39, 0.29) is 30.1 Å². The number of aromatic nitrogens is 1. The number of carbonyl (C=O) groups is 2. The van der Waals surface area contributed by atoms with Crippen LogP contribution in [0, 0.1) is 0 Å². The molecule has 3 aromatic rings. The fraction of sp³-hybridized carbons (Fsp3) is 0.286. The number of unbranched alkanes of at least 4 members (excludes halogenated alkanes) is 1. The van der Waals surface area contributed by atoms with Gasteiger partial charge in [-0.3, -0.25) is 19.0 Å². The summed E-state index contributed by atoms with van der Waals surface area (Å²) in [4.78, 5) is 43.3. The average molecular weight is 549 g/mol. The number of esters is 1. The molecule has 0 atom stereocenters. The summed E-state index contributed by atoms with van der Waals surface area (Å²) >= 11 is 2.83. The van der Waals surface area contributed by atoms with Crippen LogP contribution in [0.4, 0.5) is 11.4 Å². The van der Waals surface area contributed by atoms with Crippen LogP contribution in [0.15, 0.2) is 69.4 Å². The molecule has 0 saturated carbocycles. The van der Waals surface area contributed by atoms with Crippen molar-refractivity contribution in [3.8, 4) is 0 Å². The van der Waals surface area contributed by atoms with Gasteiger partial charge >= 0.3 is 5.97 Å². The van der Waals surface area contributed by atoms with Crippen molar-refractivity contribution in [3.05, 3.63) is 74.1 Å². The highest BCUT2D eigenvalue weighted by atomic mass is 32.2. The molecule has 3 heterocycles. The van der Waals surface area contributed by atoms with Crippen LogP contribution in [0.2, 0.25) is 0 Å². The highest BCUT2D eigenvalue weighted by Gasteiger charge is 2.35. The number of fused-ring (bicyclic) bond motifs is 1. The normalized spacial score (nSPS) is 17.7. The van der Waals surface area contributed by atoms with E-state index in [1.54, 1.807) is 35.4 Å². The Morgan fingerprint density at radius 1 is 1.03 bits per heavy atom. The molecule has 0 bridgehead atoms. The van der Waals surface area contributed by atoms with Crippen molar-refractivity contribution in [1.82, 2.24) is 4.57 Å². The van der Waals surface area contributed by atoms with Gasteiger partial charge in [0.2, 0.25) is 0 Å². The largest absolute Gasteiger partial charge is 0.466 e. The number of hydrazone groups is 1. The number of para-hydroxylation sites is 2. The van der Waals surface area contributed by atoms with Crippen LogP contribution in [0.25, 0.3) is 10.6 Å². The van der Waals surface area contributed by atoms with E-state index in [0.717, 1.165) is 28.5 Å². The SMILES string of the molecule is CCCCn1c(=C2C(=O)N(c3ccccc3)N=C2CC(=O)OCC)sc(=C2Sc3ccccc3N2C)c1=O. The molecule has 0 radical (unpaired) electrons. The average Bonchev–Trinajstić information content (AvgIpc) is 3.54. The Hall–Kier alpha value is -3.63. The van der Waals surface area contributed by atoms with E-state index in [9.17, 15) is 14.4 Å². The maximum absolute atomic E-state index is 13.9. The molecule has 0 spiro atoms. The number of ether oxygens (including phenoxy) is 1. The molecular formula is C28H28N4O4S2. The summed E-state index contributed by atoms with van der Waals surface area (Å²) in [6, 6.07) is 17.1. The number of hydrogen-bond acceptors (Lipinski definition) is 8. The second-order valence-corrected chi connectivity index (χ2v) is 10.9. The molecule has 196 valence electrons. The second kappa shape index (κ2) is 11.0. The van der Waals surface area contributed by atoms with Gasteiger partial charge in [-0.15, -0.1) is 11.3 Å². The van der Waals surface area contributed by atoms with E-state index in [2.05, 4.69) is 12.0 Å². The maximum Gasteiger partial charge on any atom is 0.311 e. The van der Waals surface area contributed by atoms with Crippen LogP contribution in [-0.4, -0.2) is 35.8 Å². The molecular weight excluding hydrogens is 520 g/mol. The highest BCUT2D eigenvalue weighted by Crippen LogP contribution is 2.45. The standard InChI is InChI=1S/C28H28N4O4S2/c1-4-6-16-31-26(35)24(28-30(3)20-14-10-11-15-21(20)37-28)38-27(31)23-19(17-22(33)36-5-2)29-32(25(23)34)18-12-8-7-9-13-18/h7-15H,4-6,16-17H2,1-3H3. The Kier molecular flexibility index (Phi) is 7.53. The third kappa shape index (κ3) is 4.69. The van der Waals surface area contributed by atoms with Gasteiger partial charge in [0.05, 0.1) is 35.7 Å². The lowest BCUT2D eigenvalue weighted by Crippen LogP contribution is -2.36. The minimum absolute atomic E-state index is 0.144. The minimum Gasteiger partial charge on any atom is -0.466 e. The molecule has 5 rings (SSSR count). The van der Waals surface area contributed by atoms with E-state index in [4.69, 9.17) is 4.74 Å². The van der Waals surface area contributed by atoms with Gasteiger partial charge in [-0.2, -0.15) is 10.1 Å². The van der Waals surface area contributed by atoms with Gasteiger partial charge in [-0.1, -0.05) is 55.4 Å². The van der Waals surface area contributed by atoms with Crippen molar-refractivity contribution in [2.24, 2.45) is 5.10 Å². The molecule has 0 unspecified atom stereocenters. The number of hydrogen-bond donors (Lipinski definition) is 0. The van der Waals surface area contributed by atoms with Crippen LogP contribution < -0.4 is 24.7 Å². The van der Waals surface area contributed by atoms with Crippen LogP contribution in [0.3, 0.4) is 0 Å². The molecule has 2 aromatic carbocycles. The lowest BCUT2D eigenvalue weighted by atomic mass is 10.1. The Bertz CT molecular complexity index is 1610. The lowest BCUT2D eigenvalue weighted by Gasteiger charge is -2.11. The van der Waals surface area contributed by atoms with Gasteiger partial charge in [0.1, 0.15) is 14.2 Å². The Balaban J connectivity index is 1.75. The molecule has 0 N–H and O–H groups in total. The first-order chi connectivity index (χ1) is 18.4. The van der Waals surface area contributed by atoms with E-state index >= 15 is 0 Å². The molecule has 1 amide bonds. The zero-order valence-corrected chi connectivity index (χ0v) is 23.1. The van der Waals surface area contributed by atoms with Crippen LogP contribution in [-0.2, 0) is 20.9 Å². The summed E-state index contributed by atoms with van der Waals surface area (Å²) in [7, 11) is 1.95. The Morgan fingerprint density at radius 3 is 2.47 bits per heavy atom. The highest BCUT2D eigenvalue weighted by molar-refractivity contribution is 8.08. The Morgan fingerprint density at radius 2 is 1.76 bits per heavy atom. The minimum atomic E-state index is -0.471. The second-order valence-electron chi connectivity index (χ2n) is 8.84. The molecule has 10 heteroatoms. The quantitative estimate of drug-likeness (QED) is 0.420. The lowest BCUT2D eigenvalue weighted by molar-refractivity contribution is -0.141. The fourth-order valence-electron chi connectivity index (χ4n) is 4.43. The van der Waals surface area contributed by atoms with Gasteiger partial charge in [0.25, 0.3) is 11.5 Å². The van der Waals surface area contributed by atoms with Crippen LogP contribution >= 0.6 is 23.1 Å². The summed E-state index contributed by atoms with van der Waals surface area (Å²) in [5.74, 6) is -0.837. The van der Waals surface area contributed by atoms with Crippen molar-refractivity contribution in [2.75, 3.05) is 23.6 Å². The number of benzene rings is 2. The molecule has 38 heavy (non-hydrogen) atoms. The van der Waals surface area contributed by atoms with Crippen molar-refractivity contribution in [3.63, 3.8) is 0 Å². The van der Waals surface area contributed by atoms with Crippen molar-refractivity contribution < 1.29 is 14.3 Å². The van der Waals surface area contributed by atoms with Gasteiger partial charge < -0.3 is 9.64 Å². The van der Waals surface area contributed by atoms with Crippen molar-refractivity contribution >= 4 is 62.7 Å². The summed E-state index contributed by atoms with van der Waals surface area (Å²) in [6.07, 6.45) is 1.50. The topological polar surface area (TPSA) is 84.2 Å². The van der Waals surface area contributed by atoms with E-state index < -0.39 is 5.97 Å². The maximum atomic E-state index is 13.9. The zero-order chi connectivity index (χ0) is 26.8. The smallest absolute Gasteiger partial charge is 0.311 e. The number of anilines is 2. The molecule has 0 saturated heterocycles. The van der Waals surface area contributed by atoms with E-state index in [1.165, 1.54) is 16.3 Å². The summed E-state index contributed by atoms with van der Waals surface area (Å²) < 4.78 is 7.93. The first kappa shape index (κ1) is 26.0. The molecule has 2 aliphatic rings. The number of amides is 1. The molecule has 0 aliphatic carbocycles. The number of thiazole rings is 1. The predicted molar refractivity (Wildman–Crippen MR) is 153 cm³/mol. The third-order valence-electron chi connectivity index (χ3n) is 6.30. The van der Waals surface area contributed by atoms with Gasteiger partial charge in [0.15, 0.2) is 0 Å². The summed E-state index contributed by atoms with van der Waals surface area (Å²) in [5.41, 5.74) is 2.05. The van der Waals surface area contributed by atoms with Crippen molar-refractivity contribution in [2.45, 2.75) is 44.6 Å². The van der Waals surface area contributed by atoms with Crippen molar-refractivity contribution in [1.29, 1.82) is 0 Å². The van der Waals surface area contributed by atoms with Gasteiger partial charge in [-0.05, 0) is 37.6 Å². The number of thioether (sulfide) groups is 1. The molecule has 1 aromatic heterocycles. The van der Waals surface area contributed by atoms with Crippen LogP contribution in [0.1, 0.15) is 33.1 Å². The number of carbonyl (C=O) groups excluding carboxylic acids is 2. The predicted octanol–water partition coefficient (Wildman–Crippen LogP) is 3.52. The monoisotopic (exact) mass is 548 g/mol. The first-order valence-corrected chi connectivity index (χ1v) is 14.2. The molecule has 8 nitrogen and oxygen atoms in total. The third-order valence-corrected chi connectivity index (χ3v) is 8.85. The first-order valence-electron chi connectivity index (χ1n) is 12.6. The zero-order valence-electron chi connectivity index (χ0n) is 21.5. The molecule has 0 fully saturated rings. The van der Waals surface area contributed by atoms with Crippen LogP contribution in [0.5, 0.6) is 0 Å². The number of nitrogens with zero attached hydrogens (tertiary/aromatic N) is 4. The van der Waals surface area contributed by atoms with Gasteiger partial charge in [0, 0.05) is 18.5 Å². The fourth-order valence-corrected chi connectivity index (χ4v) is 6.97. The number of rotatable bonds is 7. The summed E-state index contributed by atoms with van der Waals surface area (Å²) in [6.45, 7) is 4.48. The van der Waals surface area contributed by atoms with E-state index in [0.29, 0.717) is 27.1 Å². The summed E-state index contributed by atoms with van der Waals surface area (Å²) in [5, 5.41) is 6.69. The van der Waals surface area contributed by atoms with Gasteiger partial charge in [-0.25, -0.2) is 0 Å². The Labute approximate surface area is 228 Å². The molecule has 2 aliphatic heterocycles.